The van der Waals surface area contributed by atoms with Crippen LogP contribution in [0.3, 0.4) is 0 Å². The van der Waals surface area contributed by atoms with Crippen molar-refractivity contribution >= 4 is 15.9 Å². The van der Waals surface area contributed by atoms with Gasteiger partial charge in [0.05, 0.1) is 12.4 Å². The van der Waals surface area contributed by atoms with Gasteiger partial charge in [-0.2, -0.15) is 5.10 Å². The van der Waals surface area contributed by atoms with Crippen molar-refractivity contribution < 1.29 is 17.9 Å². The number of hydrogen-bond acceptors (Lipinski definition) is 6. The van der Waals surface area contributed by atoms with E-state index in [1.165, 1.54) is 13.2 Å². The number of methoxy groups -OCH3 is 1. The number of nitrogens with zero attached hydrogens (tertiary/aromatic N) is 2. The van der Waals surface area contributed by atoms with Gasteiger partial charge in [0.15, 0.2) is 5.69 Å². The topological polar surface area (TPSA) is 98.2 Å². The Bertz CT molecular complexity index is 945. The highest BCUT2D eigenvalue weighted by atomic mass is 32.2. The van der Waals surface area contributed by atoms with Crippen LogP contribution in [0.25, 0.3) is 0 Å². The summed E-state index contributed by atoms with van der Waals surface area (Å²) in [5.41, 5.74) is 2.67. The summed E-state index contributed by atoms with van der Waals surface area (Å²) in [6.07, 6.45) is 2.84. The molecule has 0 unspecified atom stereocenters. The van der Waals surface area contributed by atoms with E-state index in [9.17, 15) is 13.2 Å². The number of nitrogens with one attached hydrogen (secondary N) is 1. The molecule has 0 radical (unpaired) electrons. The summed E-state index contributed by atoms with van der Waals surface area (Å²) in [5, 5.41) is 7.29. The Kier molecular flexibility index (Phi) is 4.14. The average molecular weight is 373 g/mol. The molecule has 2 aliphatic rings. The minimum Gasteiger partial charge on any atom is -0.495 e. The average Bonchev–Trinajstić information content (AvgIpc) is 3.38. The van der Waals surface area contributed by atoms with Crippen LogP contribution in [-0.4, -0.2) is 36.9 Å². The van der Waals surface area contributed by atoms with Gasteiger partial charge in [0.1, 0.15) is 11.4 Å². The Hall–Kier alpha value is -2.48. The van der Waals surface area contributed by atoms with E-state index >= 15 is 0 Å². The van der Waals surface area contributed by atoms with Crippen molar-refractivity contribution in [2.75, 3.05) is 7.11 Å². The first-order valence-electron chi connectivity index (χ1n) is 8.52. The van der Waals surface area contributed by atoms with Crippen molar-refractivity contribution in [2.24, 2.45) is 0 Å². The fourth-order valence-electron chi connectivity index (χ4n) is 3.30. The summed E-state index contributed by atoms with van der Waals surface area (Å²) in [6, 6.07) is 9.06. The van der Waals surface area contributed by atoms with Gasteiger partial charge in [0.2, 0.25) is 10.0 Å². The van der Waals surface area contributed by atoms with Crippen molar-refractivity contribution in [3.8, 4) is 5.75 Å². The van der Waals surface area contributed by atoms with Gasteiger partial charge in [-0.1, -0.05) is 24.3 Å². The predicted octanol–water partition coefficient (Wildman–Crippen LogP) is 1.59. The lowest BCUT2D eigenvalue weighted by molar-refractivity contribution is 0.0974. The molecule has 26 heavy (non-hydrogen) atoms. The molecule has 1 fully saturated rings. The molecule has 1 aromatic carbocycles. The molecule has 1 saturated carbocycles. The van der Waals surface area contributed by atoms with E-state index in [4.69, 9.17) is 4.74 Å². The molecular weight excluding hydrogens is 354 g/mol. The molecule has 0 saturated heterocycles. The lowest BCUT2D eigenvalue weighted by Crippen LogP contribution is -2.39. The largest absolute Gasteiger partial charge is 0.495 e. The first-order chi connectivity index (χ1) is 12.5. The Labute approximate surface area is 151 Å². The number of carbonyl (C=O) groups excluding carboxylic acids is 1. The Morgan fingerprint density at radius 3 is 2.38 bits per heavy atom. The van der Waals surface area contributed by atoms with E-state index in [0.717, 1.165) is 29.7 Å². The van der Waals surface area contributed by atoms with E-state index in [-0.39, 0.29) is 5.69 Å². The molecule has 0 spiro atoms. The molecule has 0 aliphatic heterocycles. The molecule has 1 aromatic heterocycles. The monoisotopic (exact) mass is 373 g/mol. The number of aromatic nitrogens is 2. The zero-order valence-electron chi connectivity index (χ0n) is 14.3. The van der Waals surface area contributed by atoms with Crippen LogP contribution in [0.4, 0.5) is 0 Å². The van der Waals surface area contributed by atoms with Crippen LogP contribution in [0.5, 0.6) is 5.75 Å². The molecule has 0 bridgehead atoms. The van der Waals surface area contributed by atoms with Gasteiger partial charge in [-0.25, -0.2) is 13.1 Å². The van der Waals surface area contributed by atoms with Crippen LogP contribution >= 0.6 is 0 Å². The van der Waals surface area contributed by atoms with Gasteiger partial charge >= 0.3 is 0 Å². The third-order valence-electron chi connectivity index (χ3n) is 4.89. The molecule has 136 valence electrons. The highest BCUT2D eigenvalue weighted by molar-refractivity contribution is 7.90. The van der Waals surface area contributed by atoms with Crippen LogP contribution in [0.2, 0.25) is 0 Å². The molecule has 0 atom stereocenters. The smallest absolute Gasteiger partial charge is 0.285 e. The van der Waals surface area contributed by atoms with E-state index in [0.29, 0.717) is 24.5 Å². The van der Waals surface area contributed by atoms with Gasteiger partial charge in [0, 0.05) is 12.0 Å². The third kappa shape index (κ3) is 3.16. The van der Waals surface area contributed by atoms with E-state index in [2.05, 4.69) is 14.9 Å². The summed E-state index contributed by atoms with van der Waals surface area (Å²) < 4.78 is 32.6. The number of rotatable bonds is 5. The summed E-state index contributed by atoms with van der Waals surface area (Å²) in [5.74, 6) is 0.00251. The van der Waals surface area contributed by atoms with Crippen LogP contribution in [-0.2, 0) is 22.9 Å². The molecule has 1 N–H and O–H groups in total. The quantitative estimate of drug-likeness (QED) is 0.855. The van der Waals surface area contributed by atoms with Crippen LogP contribution in [0.1, 0.15) is 46.1 Å². The minimum absolute atomic E-state index is 0.0645. The number of fused-ring (bicyclic) bond motifs is 1. The van der Waals surface area contributed by atoms with Gasteiger partial charge in [0.25, 0.3) is 5.91 Å². The second-order valence-electron chi connectivity index (χ2n) is 6.73. The van der Waals surface area contributed by atoms with Crippen LogP contribution in [0.15, 0.2) is 30.3 Å². The normalized spacial score (nSPS) is 17.0. The van der Waals surface area contributed by atoms with Gasteiger partial charge in [-0.15, -0.1) is 5.10 Å². The number of hydrogen-bond donors (Lipinski definition) is 1. The molecule has 1 heterocycles. The first kappa shape index (κ1) is 17.0. The van der Waals surface area contributed by atoms with Crippen molar-refractivity contribution in [1.29, 1.82) is 0 Å². The molecular formula is C18H19N3O4S. The fraction of sp³-hybridized carbons (Fsp3) is 0.389. The highest BCUT2D eigenvalue weighted by Gasteiger charge is 2.34. The molecule has 8 heteroatoms. The standard InChI is InChI=1S/C18H19N3O4S/c1-25-16-10-15(19-20-17(16)11-6-7-11)18(22)21-26(23,24)14-8-12-4-2-3-5-13(12)9-14/h2-5,10-11,14H,6-9H2,1H3,(H,21,22). The van der Waals surface area contributed by atoms with Crippen LogP contribution in [0, 0.1) is 0 Å². The number of carbonyl (C=O) groups is 1. The zero-order chi connectivity index (χ0) is 18.3. The Morgan fingerprint density at radius 2 is 1.81 bits per heavy atom. The van der Waals surface area contributed by atoms with E-state index in [1.54, 1.807) is 0 Å². The lowest BCUT2D eigenvalue weighted by atomic mass is 10.1. The number of sulfonamides is 1. The second kappa shape index (κ2) is 6.35. The number of amides is 1. The predicted molar refractivity (Wildman–Crippen MR) is 94.6 cm³/mol. The van der Waals surface area contributed by atoms with E-state index < -0.39 is 21.2 Å². The third-order valence-corrected chi connectivity index (χ3v) is 6.57. The minimum atomic E-state index is -3.82. The highest BCUT2D eigenvalue weighted by Crippen LogP contribution is 2.42. The Balaban J connectivity index is 1.51. The zero-order valence-corrected chi connectivity index (χ0v) is 15.1. The molecule has 2 aromatic rings. The van der Waals surface area contributed by atoms with Crippen molar-refractivity contribution in [3.05, 3.63) is 52.8 Å². The maximum Gasteiger partial charge on any atom is 0.285 e. The maximum atomic E-state index is 12.6. The first-order valence-corrected chi connectivity index (χ1v) is 10.1. The van der Waals surface area contributed by atoms with Crippen LogP contribution < -0.4 is 9.46 Å². The molecule has 4 rings (SSSR count). The number of ether oxygens (including phenoxy) is 1. The summed E-state index contributed by atoms with van der Waals surface area (Å²) in [4.78, 5) is 12.4. The second-order valence-corrected chi connectivity index (χ2v) is 8.69. The van der Waals surface area contributed by atoms with Crippen molar-refractivity contribution in [2.45, 2.75) is 36.9 Å². The van der Waals surface area contributed by atoms with Crippen molar-refractivity contribution in [1.82, 2.24) is 14.9 Å². The fourth-order valence-corrected chi connectivity index (χ4v) is 4.63. The number of benzene rings is 1. The lowest BCUT2D eigenvalue weighted by Gasteiger charge is -2.13. The summed E-state index contributed by atoms with van der Waals surface area (Å²) >= 11 is 0. The molecule has 1 amide bonds. The maximum absolute atomic E-state index is 12.6. The molecule has 7 nitrogen and oxygen atoms in total. The summed E-state index contributed by atoms with van der Waals surface area (Å²) in [7, 11) is -2.32. The SMILES string of the molecule is COc1cc(C(=O)NS(=O)(=O)C2Cc3ccccc3C2)nnc1C1CC1. The van der Waals surface area contributed by atoms with Gasteiger partial charge in [-0.3, -0.25) is 4.79 Å². The van der Waals surface area contributed by atoms with Gasteiger partial charge < -0.3 is 4.74 Å². The van der Waals surface area contributed by atoms with Crippen molar-refractivity contribution in [3.63, 3.8) is 0 Å². The van der Waals surface area contributed by atoms with E-state index in [1.807, 2.05) is 24.3 Å². The Morgan fingerprint density at radius 1 is 1.15 bits per heavy atom. The molecule has 2 aliphatic carbocycles. The van der Waals surface area contributed by atoms with Gasteiger partial charge in [-0.05, 0) is 36.8 Å². The summed E-state index contributed by atoms with van der Waals surface area (Å²) in [6.45, 7) is 0.